The number of aromatic carboxylic acids is 1. The molecule has 0 saturated heterocycles. The number of carboxylic acids is 1. The first-order chi connectivity index (χ1) is 8.64. The van der Waals surface area contributed by atoms with Crippen molar-refractivity contribution < 1.29 is 22.8 Å². The van der Waals surface area contributed by atoms with E-state index in [1.54, 1.807) is 13.8 Å². The third kappa shape index (κ3) is 4.03. The Morgan fingerprint density at radius 3 is 2.47 bits per heavy atom. The summed E-state index contributed by atoms with van der Waals surface area (Å²) in [5.41, 5.74) is 0.122. The van der Waals surface area contributed by atoms with Crippen LogP contribution in [-0.2, 0) is 10.0 Å². The Morgan fingerprint density at radius 2 is 2.00 bits per heavy atom. The highest BCUT2D eigenvalue weighted by Gasteiger charge is 2.27. The summed E-state index contributed by atoms with van der Waals surface area (Å²) >= 11 is 0. The Kier molecular flexibility index (Phi) is 4.70. The minimum Gasteiger partial charge on any atom is -0.477 e. The lowest BCUT2D eigenvalue weighted by molar-refractivity contribution is 0.0692. The fourth-order valence-electron chi connectivity index (χ4n) is 1.75. The zero-order valence-corrected chi connectivity index (χ0v) is 12.1. The Balaban J connectivity index is 2.96. The molecular weight excluding hydrogens is 272 g/mol. The second kappa shape index (κ2) is 5.70. The van der Waals surface area contributed by atoms with Gasteiger partial charge in [-0.15, -0.1) is 0 Å². The fourth-order valence-corrected chi connectivity index (χ4v) is 3.37. The van der Waals surface area contributed by atoms with Crippen LogP contribution in [0.5, 0.6) is 0 Å². The van der Waals surface area contributed by atoms with Crippen LogP contribution in [0, 0.1) is 12.8 Å². The van der Waals surface area contributed by atoms with E-state index in [4.69, 9.17) is 9.63 Å². The summed E-state index contributed by atoms with van der Waals surface area (Å²) in [5, 5.41) is 12.6. The van der Waals surface area contributed by atoms with Gasteiger partial charge in [-0.3, -0.25) is 0 Å². The first-order valence-corrected chi connectivity index (χ1v) is 7.48. The molecule has 0 bridgehead atoms. The molecule has 1 atom stereocenters. The van der Waals surface area contributed by atoms with Crippen molar-refractivity contribution in [3.8, 4) is 0 Å². The zero-order valence-electron chi connectivity index (χ0n) is 11.3. The van der Waals surface area contributed by atoms with Crippen molar-refractivity contribution in [2.24, 2.45) is 5.92 Å². The molecule has 2 N–H and O–H groups in total. The fraction of sp³-hybridized carbons (Fsp3) is 0.636. The molecule has 1 aromatic rings. The van der Waals surface area contributed by atoms with Crippen LogP contribution in [0.25, 0.3) is 0 Å². The van der Waals surface area contributed by atoms with Crippen LogP contribution in [0.3, 0.4) is 0 Å². The first kappa shape index (κ1) is 15.6. The molecule has 0 unspecified atom stereocenters. The summed E-state index contributed by atoms with van der Waals surface area (Å²) in [7, 11) is -3.49. The lowest BCUT2D eigenvalue weighted by Gasteiger charge is -2.13. The second-order valence-corrected chi connectivity index (χ2v) is 6.63. The smallest absolute Gasteiger partial charge is 0.341 e. The highest BCUT2D eigenvalue weighted by Crippen LogP contribution is 2.21. The molecule has 0 aliphatic heterocycles. The van der Waals surface area contributed by atoms with Crippen molar-refractivity contribution in [3.05, 3.63) is 17.0 Å². The molecular formula is C11H18N2O5S. The summed E-state index contributed by atoms with van der Waals surface area (Å²) in [6, 6.07) is -0.781. The maximum atomic E-state index is 11.8. The van der Waals surface area contributed by atoms with E-state index in [2.05, 4.69) is 9.88 Å². The number of hydrogen-bond donors (Lipinski definition) is 2. The van der Waals surface area contributed by atoms with Gasteiger partial charge in [-0.2, -0.15) is 0 Å². The lowest BCUT2D eigenvalue weighted by Crippen LogP contribution is -2.31. The Bertz CT molecular complexity index is 562. The van der Waals surface area contributed by atoms with Gasteiger partial charge in [0, 0.05) is 0 Å². The van der Waals surface area contributed by atoms with Crippen LogP contribution in [0.2, 0.25) is 0 Å². The third-order valence-corrected chi connectivity index (χ3v) is 4.22. The van der Waals surface area contributed by atoms with Crippen molar-refractivity contribution >= 4 is 16.0 Å². The molecule has 0 aliphatic carbocycles. The van der Waals surface area contributed by atoms with Gasteiger partial charge >= 0.3 is 5.97 Å². The van der Waals surface area contributed by atoms with E-state index >= 15 is 0 Å². The van der Waals surface area contributed by atoms with Gasteiger partial charge in [0.2, 0.25) is 10.0 Å². The van der Waals surface area contributed by atoms with Crippen LogP contribution in [0.1, 0.15) is 48.6 Å². The average Bonchev–Trinajstić information content (AvgIpc) is 2.56. The van der Waals surface area contributed by atoms with Crippen molar-refractivity contribution in [3.63, 3.8) is 0 Å². The molecule has 7 nitrogen and oxygen atoms in total. The standard InChI is InChI=1S/C11H18N2O5S/c1-6(2)5-19(16,17)13-8(4)10-9(11(14)15)7(3)12-18-10/h6,8,13H,5H2,1-4H3,(H,14,15)/t8-/m1/s1. The topological polar surface area (TPSA) is 110 Å². The minimum atomic E-state index is -3.49. The number of nitrogens with one attached hydrogen (secondary N) is 1. The van der Waals surface area contributed by atoms with Crippen LogP contribution in [-0.4, -0.2) is 30.4 Å². The summed E-state index contributed by atoms with van der Waals surface area (Å²) < 4.78 is 30.9. The van der Waals surface area contributed by atoms with E-state index in [1.807, 2.05) is 0 Å². The molecule has 0 fully saturated rings. The normalized spacial score (nSPS) is 13.7. The van der Waals surface area contributed by atoms with E-state index < -0.39 is 22.0 Å². The number of nitrogens with zero attached hydrogens (tertiary/aromatic N) is 1. The third-order valence-electron chi connectivity index (χ3n) is 2.41. The molecule has 108 valence electrons. The van der Waals surface area contributed by atoms with Gasteiger partial charge < -0.3 is 9.63 Å². The van der Waals surface area contributed by atoms with Gasteiger partial charge in [-0.25, -0.2) is 17.9 Å². The molecule has 1 rings (SSSR count). The molecule has 19 heavy (non-hydrogen) atoms. The van der Waals surface area contributed by atoms with E-state index in [-0.39, 0.29) is 28.7 Å². The number of hydrogen-bond acceptors (Lipinski definition) is 5. The van der Waals surface area contributed by atoms with Gasteiger partial charge in [0.05, 0.1) is 17.5 Å². The molecule has 0 amide bonds. The zero-order chi connectivity index (χ0) is 14.8. The number of carbonyl (C=O) groups is 1. The minimum absolute atomic E-state index is 0.0114. The van der Waals surface area contributed by atoms with Gasteiger partial charge in [0.1, 0.15) is 5.56 Å². The predicted molar refractivity (Wildman–Crippen MR) is 68.4 cm³/mol. The van der Waals surface area contributed by atoms with E-state index in [0.29, 0.717) is 0 Å². The maximum Gasteiger partial charge on any atom is 0.341 e. The molecule has 0 aromatic carbocycles. The second-order valence-electron chi connectivity index (χ2n) is 4.83. The summed E-state index contributed by atoms with van der Waals surface area (Å²) in [6.45, 7) is 6.58. The van der Waals surface area contributed by atoms with Crippen LogP contribution >= 0.6 is 0 Å². The van der Waals surface area contributed by atoms with Crippen LogP contribution < -0.4 is 4.72 Å². The van der Waals surface area contributed by atoms with Crippen molar-refractivity contribution in [1.82, 2.24) is 9.88 Å². The molecule has 8 heteroatoms. The van der Waals surface area contributed by atoms with Crippen LogP contribution in [0.4, 0.5) is 0 Å². The molecule has 1 aromatic heterocycles. The number of rotatable bonds is 6. The molecule has 0 spiro atoms. The van der Waals surface area contributed by atoms with Gasteiger partial charge in [-0.1, -0.05) is 19.0 Å². The number of aromatic nitrogens is 1. The molecule has 0 aliphatic rings. The first-order valence-electron chi connectivity index (χ1n) is 5.83. The van der Waals surface area contributed by atoms with Crippen molar-refractivity contribution in [2.75, 3.05) is 5.75 Å². The van der Waals surface area contributed by atoms with Crippen molar-refractivity contribution in [1.29, 1.82) is 0 Å². The molecule has 1 heterocycles. The number of carboxylic acid groups (broad SMARTS) is 1. The summed E-state index contributed by atoms with van der Waals surface area (Å²) in [4.78, 5) is 11.1. The average molecular weight is 290 g/mol. The Morgan fingerprint density at radius 1 is 1.42 bits per heavy atom. The Labute approximate surface area is 112 Å². The number of sulfonamides is 1. The largest absolute Gasteiger partial charge is 0.477 e. The van der Waals surface area contributed by atoms with Crippen LogP contribution in [0.15, 0.2) is 4.52 Å². The predicted octanol–water partition coefficient (Wildman–Crippen LogP) is 1.32. The van der Waals surface area contributed by atoms with Gasteiger partial charge in [-0.05, 0) is 19.8 Å². The Hall–Kier alpha value is -1.41. The maximum absolute atomic E-state index is 11.8. The van der Waals surface area contributed by atoms with E-state index in [0.717, 1.165) is 0 Å². The van der Waals surface area contributed by atoms with E-state index in [9.17, 15) is 13.2 Å². The molecule has 0 radical (unpaired) electrons. The number of aryl methyl sites for hydroxylation is 1. The lowest BCUT2D eigenvalue weighted by atomic mass is 10.1. The van der Waals surface area contributed by atoms with Gasteiger partial charge in [0.25, 0.3) is 0 Å². The highest BCUT2D eigenvalue weighted by molar-refractivity contribution is 7.89. The monoisotopic (exact) mass is 290 g/mol. The summed E-state index contributed by atoms with van der Waals surface area (Å²) in [5.74, 6) is -1.24. The quantitative estimate of drug-likeness (QED) is 0.817. The van der Waals surface area contributed by atoms with Gasteiger partial charge in [0.15, 0.2) is 5.76 Å². The van der Waals surface area contributed by atoms with Crippen molar-refractivity contribution in [2.45, 2.75) is 33.7 Å². The molecule has 0 saturated carbocycles. The highest BCUT2D eigenvalue weighted by atomic mass is 32.2. The SMILES string of the molecule is Cc1noc([C@@H](C)NS(=O)(=O)CC(C)C)c1C(=O)O. The summed E-state index contributed by atoms with van der Waals surface area (Å²) in [6.07, 6.45) is 0. The van der Waals surface area contributed by atoms with E-state index in [1.165, 1.54) is 13.8 Å².